The molecule has 0 aliphatic carbocycles. The largest absolute Gasteiger partial charge is 0.467 e. The molecule has 3 N–H and O–H groups in total. The summed E-state index contributed by atoms with van der Waals surface area (Å²) in [5.41, 5.74) is 0. The highest BCUT2D eigenvalue weighted by Crippen LogP contribution is 2.18. The average Bonchev–Trinajstić information content (AvgIpc) is 3.15. The fraction of sp³-hybridized carbons (Fsp3) is 0.533. The van der Waals surface area contributed by atoms with E-state index < -0.39 is 6.10 Å². The highest BCUT2D eigenvalue weighted by molar-refractivity contribution is 5.74. The van der Waals surface area contributed by atoms with E-state index >= 15 is 0 Å². The van der Waals surface area contributed by atoms with Crippen molar-refractivity contribution in [2.24, 2.45) is 0 Å². The van der Waals surface area contributed by atoms with Gasteiger partial charge in [0.25, 0.3) is 0 Å². The lowest BCUT2D eigenvalue weighted by atomic mass is 10.1. The predicted octanol–water partition coefficient (Wildman–Crippen LogP) is 2.23. The van der Waals surface area contributed by atoms with Crippen LogP contribution in [0.15, 0.2) is 27.3 Å². The third-order valence-corrected chi connectivity index (χ3v) is 3.39. The van der Waals surface area contributed by atoms with Crippen LogP contribution in [0.3, 0.4) is 0 Å². The standard InChI is InChI=1S/C15H22N4O4/c1-4-11(14-17-10(3)23-19-14)18-15(21)16-9(2)8-12(20)13-6-5-7-22-13/h5-7,9,11-12,20H,4,8H2,1-3H3,(H2,16,18,21)/t9-,11+,12-/m1/s1. The van der Waals surface area contributed by atoms with Crippen molar-refractivity contribution in [3.8, 4) is 0 Å². The summed E-state index contributed by atoms with van der Waals surface area (Å²) in [6.07, 6.45) is 1.72. The summed E-state index contributed by atoms with van der Waals surface area (Å²) in [5.74, 6) is 1.38. The molecule has 0 aliphatic rings. The van der Waals surface area contributed by atoms with E-state index in [1.807, 2.05) is 13.8 Å². The van der Waals surface area contributed by atoms with Gasteiger partial charge in [0.05, 0.1) is 12.3 Å². The van der Waals surface area contributed by atoms with Crippen molar-refractivity contribution in [1.29, 1.82) is 0 Å². The zero-order chi connectivity index (χ0) is 16.8. The number of amides is 2. The first-order chi connectivity index (χ1) is 11.0. The van der Waals surface area contributed by atoms with Crippen LogP contribution in [0, 0.1) is 6.92 Å². The monoisotopic (exact) mass is 322 g/mol. The number of nitrogens with zero attached hydrogens (tertiary/aromatic N) is 2. The molecule has 2 aromatic rings. The van der Waals surface area contributed by atoms with Gasteiger partial charge in [0.1, 0.15) is 11.9 Å². The molecule has 0 spiro atoms. The molecule has 2 rings (SSSR count). The smallest absolute Gasteiger partial charge is 0.315 e. The van der Waals surface area contributed by atoms with E-state index in [1.165, 1.54) is 6.26 Å². The fourth-order valence-electron chi connectivity index (χ4n) is 2.22. The molecule has 126 valence electrons. The fourth-order valence-corrected chi connectivity index (χ4v) is 2.22. The van der Waals surface area contributed by atoms with E-state index in [1.54, 1.807) is 19.1 Å². The number of aliphatic hydroxyl groups excluding tert-OH is 1. The van der Waals surface area contributed by atoms with Gasteiger partial charge >= 0.3 is 6.03 Å². The number of carbonyl (C=O) groups is 1. The van der Waals surface area contributed by atoms with E-state index in [9.17, 15) is 9.90 Å². The van der Waals surface area contributed by atoms with Crippen molar-refractivity contribution in [1.82, 2.24) is 20.8 Å². The molecule has 23 heavy (non-hydrogen) atoms. The van der Waals surface area contributed by atoms with Gasteiger partial charge in [0, 0.05) is 19.4 Å². The highest BCUT2D eigenvalue weighted by atomic mass is 16.5. The zero-order valence-corrected chi connectivity index (χ0v) is 13.4. The minimum atomic E-state index is -0.762. The lowest BCUT2D eigenvalue weighted by Gasteiger charge is -2.19. The van der Waals surface area contributed by atoms with Gasteiger partial charge in [-0.1, -0.05) is 12.1 Å². The SMILES string of the molecule is CC[C@H](NC(=O)N[C@H](C)C[C@@H](O)c1ccco1)c1noc(C)n1. The number of carbonyl (C=O) groups excluding carboxylic acids is 1. The molecule has 0 aliphatic heterocycles. The maximum absolute atomic E-state index is 12.1. The molecule has 2 heterocycles. The van der Waals surface area contributed by atoms with Crippen LogP contribution in [0.1, 0.15) is 56.3 Å². The van der Waals surface area contributed by atoms with E-state index in [0.29, 0.717) is 30.3 Å². The Bertz CT molecular complexity index is 611. The number of urea groups is 1. The number of aryl methyl sites for hydroxylation is 1. The summed E-state index contributed by atoms with van der Waals surface area (Å²) in [5, 5.41) is 19.4. The first-order valence-electron chi connectivity index (χ1n) is 7.58. The molecule has 3 atom stereocenters. The van der Waals surface area contributed by atoms with Crippen LogP contribution in [0.2, 0.25) is 0 Å². The summed E-state index contributed by atoms with van der Waals surface area (Å²) in [6, 6.07) is 2.50. The quantitative estimate of drug-likeness (QED) is 0.720. The normalized spacial score (nSPS) is 15.0. The Balaban J connectivity index is 1.83. The van der Waals surface area contributed by atoms with Gasteiger partial charge in [-0.15, -0.1) is 0 Å². The molecule has 8 heteroatoms. The summed E-state index contributed by atoms with van der Waals surface area (Å²) < 4.78 is 10.1. The van der Waals surface area contributed by atoms with Gasteiger partial charge in [-0.05, 0) is 25.5 Å². The molecule has 0 saturated carbocycles. The van der Waals surface area contributed by atoms with Gasteiger partial charge in [-0.2, -0.15) is 4.98 Å². The molecule has 2 aromatic heterocycles. The van der Waals surface area contributed by atoms with Crippen LogP contribution in [0.4, 0.5) is 4.79 Å². The van der Waals surface area contributed by atoms with Crippen molar-refractivity contribution in [2.45, 2.75) is 51.8 Å². The van der Waals surface area contributed by atoms with Crippen molar-refractivity contribution in [3.05, 3.63) is 35.9 Å². The second-order valence-electron chi connectivity index (χ2n) is 5.42. The molecule has 0 saturated heterocycles. The second-order valence-corrected chi connectivity index (χ2v) is 5.42. The molecule has 0 fully saturated rings. The van der Waals surface area contributed by atoms with Crippen molar-refractivity contribution < 1.29 is 18.8 Å². The van der Waals surface area contributed by atoms with Crippen LogP contribution in [-0.2, 0) is 0 Å². The maximum atomic E-state index is 12.1. The molecule has 0 unspecified atom stereocenters. The van der Waals surface area contributed by atoms with Crippen LogP contribution in [-0.4, -0.2) is 27.3 Å². The van der Waals surface area contributed by atoms with Gasteiger partial charge in [0.15, 0.2) is 5.82 Å². The minimum absolute atomic E-state index is 0.236. The van der Waals surface area contributed by atoms with Gasteiger partial charge < -0.3 is 24.7 Å². The minimum Gasteiger partial charge on any atom is -0.467 e. The first kappa shape index (κ1) is 17.0. The number of furan rings is 1. The number of aromatic nitrogens is 2. The topological polar surface area (TPSA) is 113 Å². The molecular formula is C15H22N4O4. The van der Waals surface area contributed by atoms with Crippen molar-refractivity contribution >= 4 is 6.03 Å². The Morgan fingerprint density at radius 2 is 2.22 bits per heavy atom. The Morgan fingerprint density at radius 1 is 1.43 bits per heavy atom. The lowest BCUT2D eigenvalue weighted by molar-refractivity contribution is 0.129. The summed E-state index contributed by atoms with van der Waals surface area (Å²) in [6.45, 7) is 5.42. The maximum Gasteiger partial charge on any atom is 0.315 e. The predicted molar refractivity (Wildman–Crippen MR) is 81.5 cm³/mol. The molecule has 0 aromatic carbocycles. The van der Waals surface area contributed by atoms with E-state index in [0.717, 1.165) is 0 Å². The molecule has 8 nitrogen and oxygen atoms in total. The average molecular weight is 322 g/mol. The van der Waals surface area contributed by atoms with E-state index in [4.69, 9.17) is 8.94 Å². The summed E-state index contributed by atoms with van der Waals surface area (Å²) >= 11 is 0. The van der Waals surface area contributed by atoms with Crippen molar-refractivity contribution in [2.75, 3.05) is 0 Å². The highest BCUT2D eigenvalue weighted by Gasteiger charge is 2.20. The lowest BCUT2D eigenvalue weighted by Crippen LogP contribution is -2.43. The Hall–Kier alpha value is -2.35. The third-order valence-electron chi connectivity index (χ3n) is 3.39. The van der Waals surface area contributed by atoms with Crippen LogP contribution in [0.25, 0.3) is 0 Å². The number of hydrogen-bond acceptors (Lipinski definition) is 6. The molecule has 2 amide bonds. The first-order valence-corrected chi connectivity index (χ1v) is 7.58. The summed E-state index contributed by atoms with van der Waals surface area (Å²) in [4.78, 5) is 16.2. The van der Waals surface area contributed by atoms with Gasteiger partial charge in [-0.3, -0.25) is 0 Å². The van der Waals surface area contributed by atoms with Gasteiger partial charge in [-0.25, -0.2) is 4.79 Å². The number of aliphatic hydroxyl groups is 1. The van der Waals surface area contributed by atoms with E-state index in [-0.39, 0.29) is 18.1 Å². The number of hydrogen-bond donors (Lipinski definition) is 3. The van der Waals surface area contributed by atoms with Crippen LogP contribution < -0.4 is 10.6 Å². The van der Waals surface area contributed by atoms with Crippen LogP contribution in [0.5, 0.6) is 0 Å². The van der Waals surface area contributed by atoms with Crippen molar-refractivity contribution in [3.63, 3.8) is 0 Å². The third kappa shape index (κ3) is 4.82. The Kier molecular flexibility index (Phi) is 5.75. The van der Waals surface area contributed by atoms with Crippen LogP contribution >= 0.6 is 0 Å². The summed E-state index contributed by atoms with van der Waals surface area (Å²) in [7, 11) is 0. The second kappa shape index (κ2) is 7.77. The Morgan fingerprint density at radius 3 is 2.78 bits per heavy atom. The van der Waals surface area contributed by atoms with Gasteiger partial charge in [0.2, 0.25) is 5.89 Å². The molecule has 0 bridgehead atoms. The number of nitrogens with one attached hydrogen (secondary N) is 2. The molecule has 0 radical (unpaired) electrons. The Labute approximate surface area is 134 Å². The molecular weight excluding hydrogens is 300 g/mol. The zero-order valence-electron chi connectivity index (χ0n) is 13.4. The number of rotatable bonds is 7. The van der Waals surface area contributed by atoms with E-state index in [2.05, 4.69) is 20.8 Å².